The van der Waals surface area contributed by atoms with Crippen LogP contribution in [0.2, 0.25) is 0 Å². The van der Waals surface area contributed by atoms with Gasteiger partial charge in [-0.05, 0) is 18.2 Å². The van der Waals surface area contributed by atoms with Gasteiger partial charge >= 0.3 is 6.09 Å². The zero-order chi connectivity index (χ0) is 10.8. The van der Waals surface area contributed by atoms with Gasteiger partial charge in [-0.3, -0.25) is 4.57 Å². The zero-order valence-corrected chi connectivity index (χ0v) is 8.10. The van der Waals surface area contributed by atoms with E-state index in [1.165, 1.54) is 11.7 Å². The molecule has 0 unspecified atom stereocenters. The molecule has 4 nitrogen and oxygen atoms in total. The fourth-order valence-corrected chi connectivity index (χ4v) is 1.46. The number of fused-ring (bicyclic) bond motifs is 1. The van der Waals surface area contributed by atoms with Crippen molar-refractivity contribution < 1.29 is 9.53 Å². The van der Waals surface area contributed by atoms with E-state index in [-0.39, 0.29) is 0 Å². The first-order valence-electron chi connectivity index (χ1n) is 4.36. The number of hydrogen-bond acceptors (Lipinski definition) is 3. The molecule has 0 atom stereocenters. The molecule has 0 fully saturated rings. The molecule has 0 bridgehead atoms. The number of rotatable bonds is 0. The maximum absolute atomic E-state index is 11.3. The molecular formula is C11H8N2O2. The Hall–Kier alpha value is -2.28. The number of benzene rings is 1. The SMILES string of the molecule is COC(=O)n1ccc2ccc(C#N)cc21. The number of nitrogens with zero attached hydrogens (tertiary/aromatic N) is 2. The monoisotopic (exact) mass is 200 g/mol. The van der Waals surface area contributed by atoms with Crippen molar-refractivity contribution in [3.8, 4) is 6.07 Å². The summed E-state index contributed by atoms with van der Waals surface area (Å²) >= 11 is 0. The Morgan fingerprint density at radius 1 is 1.47 bits per heavy atom. The maximum atomic E-state index is 11.3. The average Bonchev–Trinajstić information content (AvgIpc) is 2.70. The number of ether oxygens (including phenoxy) is 1. The van der Waals surface area contributed by atoms with Crippen molar-refractivity contribution in [2.45, 2.75) is 0 Å². The second kappa shape index (κ2) is 3.46. The summed E-state index contributed by atoms with van der Waals surface area (Å²) in [7, 11) is 1.32. The largest absolute Gasteiger partial charge is 0.452 e. The van der Waals surface area contributed by atoms with E-state index in [1.54, 1.807) is 30.5 Å². The van der Waals surface area contributed by atoms with Crippen LogP contribution in [0.15, 0.2) is 30.5 Å². The number of hydrogen-bond donors (Lipinski definition) is 0. The highest BCUT2D eigenvalue weighted by Gasteiger charge is 2.08. The molecule has 0 aliphatic rings. The Morgan fingerprint density at radius 2 is 2.27 bits per heavy atom. The predicted octanol–water partition coefficient (Wildman–Crippen LogP) is 2.13. The van der Waals surface area contributed by atoms with E-state index < -0.39 is 6.09 Å². The predicted molar refractivity (Wildman–Crippen MR) is 54.5 cm³/mol. The van der Waals surface area contributed by atoms with Crippen LogP contribution in [0.4, 0.5) is 4.79 Å². The van der Waals surface area contributed by atoms with Gasteiger partial charge in [0.25, 0.3) is 0 Å². The minimum absolute atomic E-state index is 0.458. The van der Waals surface area contributed by atoms with E-state index in [0.717, 1.165) is 5.39 Å². The molecule has 1 aromatic heterocycles. The Labute approximate surface area is 86.3 Å². The third-order valence-electron chi connectivity index (χ3n) is 2.19. The van der Waals surface area contributed by atoms with Gasteiger partial charge in [-0.25, -0.2) is 4.79 Å². The van der Waals surface area contributed by atoms with Crippen molar-refractivity contribution >= 4 is 17.0 Å². The minimum atomic E-state index is -0.458. The van der Waals surface area contributed by atoms with Gasteiger partial charge in [0.1, 0.15) is 0 Å². The summed E-state index contributed by atoms with van der Waals surface area (Å²) in [6.07, 6.45) is 1.16. The van der Waals surface area contributed by atoms with Crippen LogP contribution in [-0.2, 0) is 4.74 Å². The smallest absolute Gasteiger partial charge is 0.418 e. The highest BCUT2D eigenvalue weighted by atomic mass is 16.5. The van der Waals surface area contributed by atoms with E-state index in [1.807, 2.05) is 6.07 Å². The van der Waals surface area contributed by atoms with Crippen LogP contribution in [0, 0.1) is 11.3 Å². The summed E-state index contributed by atoms with van der Waals surface area (Å²) in [4.78, 5) is 11.3. The molecule has 0 N–H and O–H groups in total. The van der Waals surface area contributed by atoms with E-state index in [4.69, 9.17) is 5.26 Å². The van der Waals surface area contributed by atoms with E-state index >= 15 is 0 Å². The number of aromatic nitrogens is 1. The van der Waals surface area contributed by atoms with Crippen molar-refractivity contribution in [3.05, 3.63) is 36.0 Å². The quantitative estimate of drug-likeness (QED) is 0.654. The van der Waals surface area contributed by atoms with Crippen molar-refractivity contribution in [1.29, 1.82) is 5.26 Å². The lowest BCUT2D eigenvalue weighted by Gasteiger charge is -2.01. The highest BCUT2D eigenvalue weighted by molar-refractivity contribution is 5.90. The van der Waals surface area contributed by atoms with E-state index in [0.29, 0.717) is 11.1 Å². The topological polar surface area (TPSA) is 55.0 Å². The summed E-state index contributed by atoms with van der Waals surface area (Å²) in [5.41, 5.74) is 1.20. The van der Waals surface area contributed by atoms with Crippen LogP contribution in [0.3, 0.4) is 0 Å². The lowest BCUT2D eigenvalue weighted by molar-refractivity contribution is 0.174. The van der Waals surface area contributed by atoms with Gasteiger partial charge in [-0.1, -0.05) is 6.07 Å². The third kappa shape index (κ3) is 1.44. The summed E-state index contributed by atoms with van der Waals surface area (Å²) in [6, 6.07) is 9.00. The zero-order valence-electron chi connectivity index (χ0n) is 8.10. The van der Waals surface area contributed by atoms with E-state index in [2.05, 4.69) is 4.74 Å². The maximum Gasteiger partial charge on any atom is 0.418 e. The number of carbonyl (C=O) groups excluding carboxylic acids is 1. The molecule has 0 spiro atoms. The summed E-state index contributed by atoms with van der Waals surface area (Å²) in [6.45, 7) is 0. The molecule has 0 aliphatic carbocycles. The summed E-state index contributed by atoms with van der Waals surface area (Å²) < 4.78 is 5.99. The van der Waals surface area contributed by atoms with Crippen molar-refractivity contribution in [1.82, 2.24) is 4.57 Å². The standard InChI is InChI=1S/C11H8N2O2/c1-15-11(14)13-5-4-9-3-2-8(7-12)6-10(9)13/h2-6H,1H3. The van der Waals surface area contributed by atoms with Crippen LogP contribution >= 0.6 is 0 Å². The fraction of sp³-hybridized carbons (Fsp3) is 0.0909. The van der Waals surface area contributed by atoms with Crippen LogP contribution in [-0.4, -0.2) is 17.8 Å². The Balaban J connectivity index is 2.67. The lowest BCUT2D eigenvalue weighted by atomic mass is 10.2. The normalized spacial score (nSPS) is 9.87. The second-order valence-electron chi connectivity index (χ2n) is 3.04. The average molecular weight is 200 g/mol. The number of methoxy groups -OCH3 is 1. The molecule has 0 aliphatic heterocycles. The Morgan fingerprint density at radius 3 is 2.93 bits per heavy atom. The first-order chi connectivity index (χ1) is 7.26. The molecule has 0 amide bonds. The van der Waals surface area contributed by atoms with Gasteiger partial charge in [-0.15, -0.1) is 0 Å². The van der Waals surface area contributed by atoms with Crippen LogP contribution in [0.25, 0.3) is 10.9 Å². The molecular weight excluding hydrogens is 192 g/mol. The van der Waals surface area contributed by atoms with Crippen LogP contribution in [0.5, 0.6) is 0 Å². The fourth-order valence-electron chi connectivity index (χ4n) is 1.46. The molecule has 15 heavy (non-hydrogen) atoms. The molecule has 1 heterocycles. The minimum Gasteiger partial charge on any atom is -0.452 e. The van der Waals surface area contributed by atoms with Gasteiger partial charge in [0.15, 0.2) is 0 Å². The van der Waals surface area contributed by atoms with Crippen molar-refractivity contribution in [2.24, 2.45) is 0 Å². The summed E-state index contributed by atoms with van der Waals surface area (Å²) in [5, 5.41) is 9.65. The molecule has 1 aromatic carbocycles. The van der Waals surface area contributed by atoms with Crippen molar-refractivity contribution in [2.75, 3.05) is 7.11 Å². The van der Waals surface area contributed by atoms with Crippen molar-refractivity contribution in [3.63, 3.8) is 0 Å². The Bertz CT molecular complexity index is 563. The number of carbonyl (C=O) groups is 1. The van der Waals surface area contributed by atoms with Gasteiger partial charge in [0.05, 0.1) is 24.3 Å². The van der Waals surface area contributed by atoms with Crippen LogP contribution in [0.1, 0.15) is 5.56 Å². The first-order valence-corrected chi connectivity index (χ1v) is 4.36. The molecule has 0 radical (unpaired) electrons. The second-order valence-corrected chi connectivity index (χ2v) is 3.04. The molecule has 74 valence electrons. The van der Waals surface area contributed by atoms with E-state index in [9.17, 15) is 4.79 Å². The molecule has 2 rings (SSSR count). The van der Waals surface area contributed by atoms with Gasteiger partial charge in [0, 0.05) is 11.6 Å². The lowest BCUT2D eigenvalue weighted by Crippen LogP contribution is -2.09. The molecule has 0 saturated heterocycles. The molecule has 2 aromatic rings. The molecule has 0 saturated carbocycles. The first kappa shape index (κ1) is 9.28. The highest BCUT2D eigenvalue weighted by Crippen LogP contribution is 2.17. The van der Waals surface area contributed by atoms with Crippen LogP contribution < -0.4 is 0 Å². The third-order valence-corrected chi connectivity index (χ3v) is 2.19. The van der Waals surface area contributed by atoms with Gasteiger partial charge < -0.3 is 4.74 Å². The molecule has 4 heteroatoms. The van der Waals surface area contributed by atoms with Gasteiger partial charge in [0.2, 0.25) is 0 Å². The Kier molecular flexibility index (Phi) is 2.14. The number of nitriles is 1. The summed E-state index contributed by atoms with van der Waals surface area (Å²) in [5.74, 6) is 0. The van der Waals surface area contributed by atoms with Gasteiger partial charge in [-0.2, -0.15) is 5.26 Å².